The Morgan fingerprint density at radius 1 is 0.967 bits per heavy atom. The molecule has 0 amide bonds. The molecule has 0 aliphatic carbocycles. The molecule has 0 saturated carbocycles. The number of piperidine rings is 1. The van der Waals surface area contributed by atoms with Crippen LogP contribution in [0.1, 0.15) is 40.5 Å². The molecule has 0 radical (unpaired) electrons. The molecular weight excluding hydrogens is 378 g/mol. The van der Waals surface area contributed by atoms with E-state index in [9.17, 15) is 0 Å². The molecule has 0 unspecified atom stereocenters. The predicted octanol–water partition coefficient (Wildman–Crippen LogP) is 4.23. The summed E-state index contributed by atoms with van der Waals surface area (Å²) in [6.07, 6.45) is 7.36. The second kappa shape index (κ2) is 7.72. The summed E-state index contributed by atoms with van der Waals surface area (Å²) >= 11 is 0. The first-order valence-electron chi connectivity index (χ1n) is 10.2. The van der Waals surface area contributed by atoms with E-state index in [2.05, 4.69) is 53.2 Å². The summed E-state index contributed by atoms with van der Waals surface area (Å²) < 4.78 is 11.7. The number of hydrogen-bond acceptors (Lipinski definition) is 6. The van der Waals surface area contributed by atoms with Crippen LogP contribution >= 0.6 is 0 Å². The molecule has 0 spiro atoms. The van der Waals surface area contributed by atoms with Crippen molar-refractivity contribution in [2.75, 3.05) is 7.11 Å². The molecule has 1 aliphatic rings. The Morgan fingerprint density at radius 2 is 1.73 bits per heavy atom. The van der Waals surface area contributed by atoms with E-state index in [1.165, 1.54) is 0 Å². The Balaban J connectivity index is 1.51. The van der Waals surface area contributed by atoms with Gasteiger partial charge in [0.05, 0.1) is 19.0 Å². The topological polar surface area (TPSA) is 84.9 Å². The number of H-pyrrole nitrogens is 1. The van der Waals surface area contributed by atoms with E-state index in [1.54, 1.807) is 19.5 Å². The monoisotopic (exact) mass is 407 g/mol. The van der Waals surface area contributed by atoms with Crippen molar-refractivity contribution in [3.63, 3.8) is 0 Å². The number of aromatic nitrogens is 4. The van der Waals surface area contributed by atoms with Crippen LogP contribution in [0.3, 0.4) is 0 Å². The first-order chi connectivity index (χ1) is 14.2. The lowest BCUT2D eigenvalue weighted by Crippen LogP contribution is -2.60. The molecule has 4 heterocycles. The van der Waals surface area contributed by atoms with Crippen molar-refractivity contribution in [3.8, 4) is 34.1 Å². The zero-order valence-corrected chi connectivity index (χ0v) is 18.2. The molecule has 7 nitrogen and oxygen atoms in total. The van der Waals surface area contributed by atoms with Crippen LogP contribution in [0.15, 0.2) is 42.9 Å². The third-order valence-electron chi connectivity index (χ3n) is 5.34. The van der Waals surface area contributed by atoms with Crippen LogP contribution in [0.5, 0.6) is 11.8 Å². The van der Waals surface area contributed by atoms with E-state index in [4.69, 9.17) is 9.47 Å². The molecule has 1 saturated heterocycles. The number of pyridine rings is 2. The predicted molar refractivity (Wildman–Crippen MR) is 117 cm³/mol. The van der Waals surface area contributed by atoms with Gasteiger partial charge in [-0.3, -0.25) is 5.10 Å². The van der Waals surface area contributed by atoms with Crippen LogP contribution in [-0.4, -0.2) is 44.5 Å². The largest absolute Gasteiger partial charge is 0.481 e. The summed E-state index contributed by atoms with van der Waals surface area (Å²) in [6, 6.07) is 7.84. The Labute approximate surface area is 177 Å². The number of aromatic amines is 1. The molecule has 158 valence electrons. The minimum Gasteiger partial charge on any atom is -0.481 e. The summed E-state index contributed by atoms with van der Waals surface area (Å²) in [4.78, 5) is 9.18. The lowest BCUT2D eigenvalue weighted by atomic mass is 9.81. The van der Waals surface area contributed by atoms with Crippen LogP contribution in [0, 0.1) is 0 Å². The van der Waals surface area contributed by atoms with Crippen LogP contribution in [0.4, 0.5) is 0 Å². The fourth-order valence-corrected chi connectivity index (χ4v) is 4.46. The maximum absolute atomic E-state index is 6.22. The van der Waals surface area contributed by atoms with Gasteiger partial charge in [0.2, 0.25) is 11.8 Å². The molecule has 1 aliphatic heterocycles. The highest BCUT2D eigenvalue weighted by Gasteiger charge is 2.38. The van der Waals surface area contributed by atoms with Crippen molar-refractivity contribution >= 4 is 0 Å². The van der Waals surface area contributed by atoms with Gasteiger partial charge in [-0.2, -0.15) is 5.10 Å². The van der Waals surface area contributed by atoms with Gasteiger partial charge in [0.1, 0.15) is 6.10 Å². The van der Waals surface area contributed by atoms with E-state index in [-0.39, 0.29) is 17.2 Å². The minimum absolute atomic E-state index is 0.0313. The summed E-state index contributed by atoms with van der Waals surface area (Å²) in [7, 11) is 1.62. The molecule has 7 heteroatoms. The van der Waals surface area contributed by atoms with Gasteiger partial charge in [-0.25, -0.2) is 9.97 Å². The van der Waals surface area contributed by atoms with Crippen molar-refractivity contribution in [3.05, 3.63) is 42.9 Å². The smallest absolute Gasteiger partial charge is 0.221 e. The molecule has 2 N–H and O–H groups in total. The molecule has 0 atom stereocenters. The molecule has 3 aromatic rings. The van der Waals surface area contributed by atoms with E-state index in [0.717, 1.165) is 35.2 Å². The van der Waals surface area contributed by atoms with Crippen LogP contribution in [-0.2, 0) is 0 Å². The number of nitrogens with zero attached hydrogens (tertiary/aromatic N) is 3. The maximum Gasteiger partial charge on any atom is 0.221 e. The highest BCUT2D eigenvalue weighted by atomic mass is 16.5. The molecule has 0 aromatic carbocycles. The van der Waals surface area contributed by atoms with Crippen LogP contribution in [0.2, 0.25) is 0 Å². The number of nitrogens with one attached hydrogen (secondary N) is 2. The van der Waals surface area contributed by atoms with Crippen molar-refractivity contribution < 1.29 is 9.47 Å². The first kappa shape index (κ1) is 20.3. The summed E-state index contributed by atoms with van der Waals surface area (Å²) in [5.41, 5.74) is 3.58. The van der Waals surface area contributed by atoms with Crippen molar-refractivity contribution in [2.45, 2.75) is 57.7 Å². The molecule has 1 fully saturated rings. The number of methoxy groups -OCH3 is 1. The zero-order chi connectivity index (χ0) is 21.4. The fraction of sp³-hybridized carbons (Fsp3) is 0.435. The normalized spacial score (nSPS) is 18.2. The lowest BCUT2D eigenvalue weighted by molar-refractivity contribution is 0.0530. The van der Waals surface area contributed by atoms with Gasteiger partial charge < -0.3 is 14.8 Å². The number of rotatable bonds is 5. The Kier molecular flexibility index (Phi) is 5.24. The second-order valence-corrected chi connectivity index (χ2v) is 9.17. The third kappa shape index (κ3) is 4.46. The van der Waals surface area contributed by atoms with E-state index in [1.807, 2.05) is 30.5 Å². The van der Waals surface area contributed by atoms with Gasteiger partial charge in [-0.05, 0) is 45.9 Å². The van der Waals surface area contributed by atoms with E-state index in [0.29, 0.717) is 11.8 Å². The molecular formula is C23H29N5O2. The van der Waals surface area contributed by atoms with Crippen LogP contribution in [0.25, 0.3) is 22.4 Å². The van der Waals surface area contributed by atoms with Gasteiger partial charge in [0.25, 0.3) is 0 Å². The van der Waals surface area contributed by atoms with Gasteiger partial charge in [0, 0.05) is 59.1 Å². The Bertz CT molecular complexity index is 981. The quantitative estimate of drug-likeness (QED) is 0.658. The summed E-state index contributed by atoms with van der Waals surface area (Å²) in [5.74, 6) is 1.19. The van der Waals surface area contributed by atoms with Gasteiger partial charge in [-0.1, -0.05) is 0 Å². The Morgan fingerprint density at radius 3 is 2.33 bits per heavy atom. The second-order valence-electron chi connectivity index (χ2n) is 9.17. The highest BCUT2D eigenvalue weighted by Crippen LogP contribution is 2.32. The van der Waals surface area contributed by atoms with Crippen LogP contribution < -0.4 is 14.8 Å². The first-order valence-corrected chi connectivity index (χ1v) is 10.2. The van der Waals surface area contributed by atoms with Crippen molar-refractivity contribution in [1.82, 2.24) is 25.5 Å². The summed E-state index contributed by atoms with van der Waals surface area (Å²) in [5, 5.41) is 10.5. The highest BCUT2D eigenvalue weighted by molar-refractivity contribution is 5.71. The molecule has 3 aromatic heterocycles. The van der Waals surface area contributed by atoms with E-state index >= 15 is 0 Å². The lowest BCUT2D eigenvalue weighted by Gasteiger charge is -2.46. The fourth-order valence-electron chi connectivity index (χ4n) is 4.46. The third-order valence-corrected chi connectivity index (χ3v) is 5.34. The molecule has 30 heavy (non-hydrogen) atoms. The number of hydrogen-bond donors (Lipinski definition) is 2. The molecule has 4 rings (SSSR count). The summed E-state index contributed by atoms with van der Waals surface area (Å²) in [6.45, 7) is 8.86. The zero-order valence-electron chi connectivity index (χ0n) is 18.2. The van der Waals surface area contributed by atoms with Gasteiger partial charge >= 0.3 is 0 Å². The van der Waals surface area contributed by atoms with E-state index < -0.39 is 0 Å². The van der Waals surface area contributed by atoms with Crippen molar-refractivity contribution in [1.29, 1.82) is 0 Å². The van der Waals surface area contributed by atoms with Gasteiger partial charge in [-0.15, -0.1) is 0 Å². The van der Waals surface area contributed by atoms with Crippen molar-refractivity contribution in [2.24, 2.45) is 0 Å². The molecule has 0 bridgehead atoms. The Hall–Kier alpha value is -2.93. The average molecular weight is 408 g/mol. The SMILES string of the molecule is COc1nc(-c2ccc(OC3CC(C)(C)NC(C)(C)C3)nc2)ccc1-c1cn[nH]c1. The number of ether oxygens (including phenoxy) is 2. The minimum atomic E-state index is 0.0313. The maximum atomic E-state index is 6.22. The standard InChI is InChI=1S/C23H29N5O2/c1-22(2)10-17(11-23(3,4)28-22)30-20-9-6-15(12-24-20)19-8-7-18(21(27-19)29-5)16-13-25-26-14-16/h6-9,12-14,17,28H,10-11H2,1-5H3,(H,25,26). The van der Waals surface area contributed by atoms with Gasteiger partial charge in [0.15, 0.2) is 0 Å². The average Bonchev–Trinajstić information content (AvgIpc) is 3.20.